The van der Waals surface area contributed by atoms with Crippen LogP contribution in [0.3, 0.4) is 0 Å². The lowest BCUT2D eigenvalue weighted by molar-refractivity contribution is -0.122. The third kappa shape index (κ3) is 5.79. The molecule has 0 radical (unpaired) electrons. The number of amides is 1. The Morgan fingerprint density at radius 3 is 2.24 bits per heavy atom. The molecule has 186 valence electrons. The molecule has 3 nitrogen and oxygen atoms in total. The highest BCUT2D eigenvalue weighted by Gasteiger charge is 2.24. The van der Waals surface area contributed by atoms with Gasteiger partial charge in [0.1, 0.15) is 0 Å². The maximum Gasteiger partial charge on any atom is 0.221 e. The van der Waals surface area contributed by atoms with Crippen molar-refractivity contribution in [2.45, 2.75) is 38.1 Å². The number of aromatic amines is 1. The highest BCUT2D eigenvalue weighted by molar-refractivity contribution is 6.30. The van der Waals surface area contributed by atoms with Crippen molar-refractivity contribution in [2.24, 2.45) is 0 Å². The molecule has 5 rings (SSSR count). The molecule has 2 unspecified atom stereocenters. The Hall–Kier alpha value is -3.82. The fourth-order valence-electron chi connectivity index (χ4n) is 5.15. The van der Waals surface area contributed by atoms with E-state index in [0.717, 1.165) is 40.4 Å². The molecule has 0 aliphatic heterocycles. The van der Waals surface area contributed by atoms with Crippen molar-refractivity contribution < 1.29 is 4.79 Å². The smallest absolute Gasteiger partial charge is 0.221 e. The van der Waals surface area contributed by atoms with Crippen LogP contribution in [0.1, 0.15) is 53.1 Å². The Morgan fingerprint density at radius 1 is 0.838 bits per heavy atom. The summed E-state index contributed by atoms with van der Waals surface area (Å²) in [5, 5.41) is 5.20. The van der Waals surface area contributed by atoms with E-state index < -0.39 is 0 Å². The van der Waals surface area contributed by atoms with Crippen molar-refractivity contribution in [1.29, 1.82) is 0 Å². The molecule has 2 N–H and O–H groups in total. The summed E-state index contributed by atoms with van der Waals surface area (Å²) in [6.07, 6.45) is 4.08. The van der Waals surface area contributed by atoms with E-state index in [1.165, 1.54) is 11.1 Å². The first kappa shape index (κ1) is 24.9. The fraction of sp³-hybridized carbons (Fsp3) is 0.182. The molecule has 0 saturated carbocycles. The van der Waals surface area contributed by atoms with Gasteiger partial charge in [-0.05, 0) is 52.8 Å². The summed E-state index contributed by atoms with van der Waals surface area (Å²) in [6, 6.07) is 34.7. The summed E-state index contributed by atoms with van der Waals surface area (Å²) < 4.78 is 0. The van der Waals surface area contributed by atoms with Gasteiger partial charge < -0.3 is 10.3 Å². The van der Waals surface area contributed by atoms with Gasteiger partial charge in [0.15, 0.2) is 0 Å². The van der Waals surface area contributed by atoms with Gasteiger partial charge in [0.05, 0.1) is 6.04 Å². The molecule has 37 heavy (non-hydrogen) atoms. The van der Waals surface area contributed by atoms with Crippen LogP contribution in [-0.2, 0) is 17.6 Å². The highest BCUT2D eigenvalue weighted by Crippen LogP contribution is 2.35. The van der Waals surface area contributed by atoms with E-state index in [1.54, 1.807) is 0 Å². The third-order valence-electron chi connectivity index (χ3n) is 7.07. The van der Waals surface area contributed by atoms with Gasteiger partial charge in [0.2, 0.25) is 5.91 Å². The van der Waals surface area contributed by atoms with E-state index in [-0.39, 0.29) is 17.9 Å². The molecule has 0 spiro atoms. The van der Waals surface area contributed by atoms with Gasteiger partial charge in [-0.15, -0.1) is 0 Å². The van der Waals surface area contributed by atoms with Gasteiger partial charge in [0.25, 0.3) is 0 Å². The quantitative estimate of drug-likeness (QED) is 0.209. The maximum atomic E-state index is 13.7. The molecule has 2 atom stereocenters. The van der Waals surface area contributed by atoms with Crippen molar-refractivity contribution in [3.05, 3.63) is 142 Å². The SMILES string of the molecule is CCc1cccc2c(C(CC(=O)NC(Cc3ccccc3)c3ccccc3)c3ccc(Cl)cc3)c[nH]c12. The van der Waals surface area contributed by atoms with E-state index in [4.69, 9.17) is 11.6 Å². The summed E-state index contributed by atoms with van der Waals surface area (Å²) in [5.41, 5.74) is 6.90. The number of para-hydroxylation sites is 1. The molecule has 0 fully saturated rings. The molecule has 1 amide bonds. The van der Waals surface area contributed by atoms with Crippen LogP contribution in [0.2, 0.25) is 5.02 Å². The zero-order valence-corrected chi connectivity index (χ0v) is 21.7. The number of fused-ring (bicyclic) bond motifs is 1. The maximum absolute atomic E-state index is 13.7. The van der Waals surface area contributed by atoms with Crippen LogP contribution in [0.25, 0.3) is 10.9 Å². The summed E-state index contributed by atoms with van der Waals surface area (Å²) >= 11 is 6.21. The molecule has 1 aromatic heterocycles. The Balaban J connectivity index is 1.46. The standard InChI is InChI=1S/C33H31ClN2O/c1-2-24-14-9-15-28-30(22-35-33(24)28)29(25-16-18-27(34)19-17-25)21-32(37)36-31(26-12-7-4-8-13-26)20-23-10-5-3-6-11-23/h3-19,22,29,31,35H,2,20-21H2,1H3,(H,36,37). The molecule has 0 saturated heterocycles. The van der Waals surface area contributed by atoms with Crippen LogP contribution in [0.15, 0.2) is 109 Å². The van der Waals surface area contributed by atoms with E-state index in [1.807, 2.05) is 60.7 Å². The van der Waals surface area contributed by atoms with E-state index in [0.29, 0.717) is 11.4 Å². The molecular formula is C33H31ClN2O. The first-order chi connectivity index (χ1) is 18.1. The molecule has 4 aromatic carbocycles. The second kappa shape index (κ2) is 11.5. The third-order valence-corrected chi connectivity index (χ3v) is 7.32. The predicted molar refractivity (Wildman–Crippen MR) is 153 cm³/mol. The molecule has 5 aromatic rings. The van der Waals surface area contributed by atoms with Gasteiger partial charge in [-0.3, -0.25) is 4.79 Å². The van der Waals surface area contributed by atoms with E-state index >= 15 is 0 Å². The average Bonchev–Trinajstić information content (AvgIpc) is 3.37. The number of H-pyrrole nitrogens is 1. The minimum absolute atomic E-state index is 0.0192. The summed E-state index contributed by atoms with van der Waals surface area (Å²) in [6.45, 7) is 2.16. The topological polar surface area (TPSA) is 44.9 Å². The van der Waals surface area contributed by atoms with E-state index in [2.05, 4.69) is 65.9 Å². The first-order valence-corrected chi connectivity index (χ1v) is 13.2. The average molecular weight is 507 g/mol. The lowest BCUT2D eigenvalue weighted by atomic mass is 9.87. The van der Waals surface area contributed by atoms with Crippen LogP contribution in [0, 0.1) is 0 Å². The van der Waals surface area contributed by atoms with Crippen LogP contribution >= 0.6 is 11.6 Å². The Labute approximate surface area is 223 Å². The minimum atomic E-state index is -0.114. The second-order valence-corrected chi connectivity index (χ2v) is 9.90. The summed E-state index contributed by atoms with van der Waals surface area (Å²) in [4.78, 5) is 17.2. The van der Waals surface area contributed by atoms with Crippen molar-refractivity contribution in [3.63, 3.8) is 0 Å². The predicted octanol–water partition coefficient (Wildman–Crippen LogP) is 8.01. The number of aryl methyl sites for hydroxylation is 1. The van der Waals surface area contributed by atoms with E-state index in [9.17, 15) is 4.79 Å². The molecule has 0 aliphatic carbocycles. The number of benzene rings is 4. The number of hydrogen-bond acceptors (Lipinski definition) is 1. The Kier molecular flexibility index (Phi) is 7.72. The zero-order chi connectivity index (χ0) is 25.6. The fourth-order valence-corrected chi connectivity index (χ4v) is 5.28. The number of carbonyl (C=O) groups excluding carboxylic acids is 1. The summed E-state index contributed by atoms with van der Waals surface area (Å²) in [5.74, 6) is -0.0861. The molecular weight excluding hydrogens is 476 g/mol. The van der Waals surface area contributed by atoms with Crippen molar-refractivity contribution in [1.82, 2.24) is 10.3 Å². The largest absolute Gasteiger partial charge is 0.361 e. The normalized spacial score (nSPS) is 12.8. The first-order valence-electron chi connectivity index (χ1n) is 12.8. The highest BCUT2D eigenvalue weighted by atomic mass is 35.5. The number of rotatable bonds is 9. The number of aromatic nitrogens is 1. The second-order valence-electron chi connectivity index (χ2n) is 9.47. The lowest BCUT2D eigenvalue weighted by Gasteiger charge is -2.22. The molecule has 0 aliphatic rings. The van der Waals surface area contributed by atoms with Gasteiger partial charge in [-0.25, -0.2) is 0 Å². The minimum Gasteiger partial charge on any atom is -0.361 e. The van der Waals surface area contributed by atoms with Crippen LogP contribution in [-0.4, -0.2) is 10.9 Å². The van der Waals surface area contributed by atoms with Gasteiger partial charge in [0, 0.05) is 34.5 Å². The monoisotopic (exact) mass is 506 g/mol. The molecule has 1 heterocycles. The molecule has 0 bridgehead atoms. The van der Waals surface area contributed by atoms with Crippen molar-refractivity contribution in [3.8, 4) is 0 Å². The Bertz CT molecular complexity index is 1460. The van der Waals surface area contributed by atoms with Gasteiger partial charge in [-0.2, -0.15) is 0 Å². The zero-order valence-electron chi connectivity index (χ0n) is 21.0. The number of hydrogen-bond donors (Lipinski definition) is 2. The van der Waals surface area contributed by atoms with Crippen LogP contribution in [0.4, 0.5) is 0 Å². The van der Waals surface area contributed by atoms with Crippen LogP contribution in [0.5, 0.6) is 0 Å². The lowest BCUT2D eigenvalue weighted by Crippen LogP contribution is -2.31. The van der Waals surface area contributed by atoms with Gasteiger partial charge >= 0.3 is 0 Å². The Morgan fingerprint density at radius 2 is 1.54 bits per heavy atom. The molecule has 4 heteroatoms. The summed E-state index contributed by atoms with van der Waals surface area (Å²) in [7, 11) is 0. The van der Waals surface area contributed by atoms with Crippen molar-refractivity contribution >= 4 is 28.4 Å². The van der Waals surface area contributed by atoms with Crippen molar-refractivity contribution in [2.75, 3.05) is 0 Å². The van der Waals surface area contributed by atoms with Gasteiger partial charge in [-0.1, -0.05) is 110 Å². The van der Waals surface area contributed by atoms with Crippen LogP contribution < -0.4 is 5.32 Å². The number of carbonyl (C=O) groups is 1. The number of nitrogens with one attached hydrogen (secondary N) is 2. The number of halogens is 1.